The van der Waals surface area contributed by atoms with Crippen molar-refractivity contribution < 1.29 is 9.47 Å². The Morgan fingerprint density at radius 2 is 2.10 bits per heavy atom. The van der Waals surface area contributed by atoms with Gasteiger partial charge < -0.3 is 25.0 Å². The number of methoxy groups -OCH3 is 1. The molecule has 2 rings (SSSR count). The zero-order valence-corrected chi connectivity index (χ0v) is 20.6. The highest BCUT2D eigenvalue weighted by atomic mass is 127. The number of hydrogen-bond donors (Lipinski definition) is 2. The first-order chi connectivity index (χ1) is 13.7. The van der Waals surface area contributed by atoms with Crippen molar-refractivity contribution in [2.75, 3.05) is 58.9 Å². The molecular formula is C22H39IN4O2. The smallest absolute Gasteiger partial charge is 0.195 e. The maximum atomic E-state index is 5.76. The monoisotopic (exact) mass is 518 g/mol. The zero-order valence-electron chi connectivity index (χ0n) is 18.3. The van der Waals surface area contributed by atoms with Crippen molar-refractivity contribution in [2.45, 2.75) is 39.0 Å². The van der Waals surface area contributed by atoms with Crippen LogP contribution in [0.4, 0.5) is 5.69 Å². The Balaban J connectivity index is 0.00000420. The molecule has 0 aliphatic carbocycles. The summed E-state index contributed by atoms with van der Waals surface area (Å²) in [4.78, 5) is 6.93. The molecule has 1 heterocycles. The Hall–Kier alpha value is -1.06. The van der Waals surface area contributed by atoms with Crippen LogP contribution in [0, 0.1) is 5.92 Å². The van der Waals surface area contributed by atoms with Gasteiger partial charge in [-0.1, -0.05) is 13.0 Å². The van der Waals surface area contributed by atoms with Crippen LogP contribution in [0.15, 0.2) is 29.3 Å². The van der Waals surface area contributed by atoms with E-state index >= 15 is 0 Å². The molecule has 0 radical (unpaired) electrons. The number of halogens is 1. The lowest BCUT2D eigenvalue weighted by Gasteiger charge is -2.30. The van der Waals surface area contributed by atoms with E-state index < -0.39 is 0 Å². The Morgan fingerprint density at radius 1 is 1.24 bits per heavy atom. The predicted octanol–water partition coefficient (Wildman–Crippen LogP) is 4.22. The summed E-state index contributed by atoms with van der Waals surface area (Å²) in [6.45, 7) is 8.40. The summed E-state index contributed by atoms with van der Waals surface area (Å²) in [5.74, 6) is 2.50. The SMILES string of the molecule is CN=C(NCCCCN1CCCC(C)C1)Nc1cccc(OCCCOC)c1.I. The highest BCUT2D eigenvalue weighted by Gasteiger charge is 2.15. The van der Waals surface area contributed by atoms with Crippen molar-refractivity contribution in [3.63, 3.8) is 0 Å². The van der Waals surface area contributed by atoms with E-state index in [1.165, 1.54) is 38.9 Å². The normalized spacial score (nSPS) is 17.5. The van der Waals surface area contributed by atoms with Gasteiger partial charge in [0.2, 0.25) is 0 Å². The molecule has 1 fully saturated rings. The second-order valence-corrected chi connectivity index (χ2v) is 7.60. The first-order valence-corrected chi connectivity index (χ1v) is 10.6. The van der Waals surface area contributed by atoms with Crippen molar-refractivity contribution in [1.82, 2.24) is 10.2 Å². The molecule has 7 heteroatoms. The van der Waals surface area contributed by atoms with Gasteiger partial charge in [0.15, 0.2) is 5.96 Å². The van der Waals surface area contributed by atoms with Crippen LogP contribution in [0.3, 0.4) is 0 Å². The third-order valence-corrected chi connectivity index (χ3v) is 5.02. The van der Waals surface area contributed by atoms with Crippen LogP contribution in [0.2, 0.25) is 0 Å². The first kappa shape index (κ1) is 26.0. The molecule has 1 aliphatic heterocycles. The number of nitrogens with one attached hydrogen (secondary N) is 2. The molecule has 2 N–H and O–H groups in total. The molecule has 1 aliphatic rings. The van der Waals surface area contributed by atoms with E-state index in [0.29, 0.717) is 13.2 Å². The van der Waals surface area contributed by atoms with Crippen LogP contribution < -0.4 is 15.4 Å². The van der Waals surface area contributed by atoms with Crippen molar-refractivity contribution >= 4 is 35.6 Å². The zero-order chi connectivity index (χ0) is 20.0. The van der Waals surface area contributed by atoms with Crippen LogP contribution in [-0.4, -0.2) is 64.4 Å². The molecular weight excluding hydrogens is 479 g/mol. The number of anilines is 1. The van der Waals surface area contributed by atoms with Gasteiger partial charge in [-0.25, -0.2) is 0 Å². The molecule has 1 saturated heterocycles. The van der Waals surface area contributed by atoms with Gasteiger partial charge in [-0.15, -0.1) is 24.0 Å². The van der Waals surface area contributed by atoms with E-state index in [0.717, 1.165) is 42.7 Å². The molecule has 0 spiro atoms. The Morgan fingerprint density at radius 3 is 2.86 bits per heavy atom. The van der Waals surface area contributed by atoms with Gasteiger partial charge in [0.1, 0.15) is 5.75 Å². The average molecular weight is 518 g/mol. The lowest BCUT2D eigenvalue weighted by atomic mass is 10.0. The molecule has 1 aromatic carbocycles. The lowest BCUT2D eigenvalue weighted by Crippen LogP contribution is -2.35. The minimum atomic E-state index is 0. The number of rotatable bonds is 11. The molecule has 6 nitrogen and oxygen atoms in total. The molecule has 166 valence electrons. The van der Waals surface area contributed by atoms with E-state index in [-0.39, 0.29) is 24.0 Å². The topological polar surface area (TPSA) is 58.1 Å². The summed E-state index contributed by atoms with van der Waals surface area (Å²) < 4.78 is 10.8. The largest absolute Gasteiger partial charge is 0.493 e. The molecule has 1 unspecified atom stereocenters. The minimum absolute atomic E-state index is 0. The van der Waals surface area contributed by atoms with E-state index in [1.54, 1.807) is 14.2 Å². The number of piperidine rings is 1. The number of unbranched alkanes of at least 4 members (excludes halogenated alkanes) is 1. The van der Waals surface area contributed by atoms with Crippen molar-refractivity contribution in [1.29, 1.82) is 0 Å². The van der Waals surface area contributed by atoms with E-state index in [1.807, 2.05) is 24.3 Å². The predicted molar refractivity (Wildman–Crippen MR) is 133 cm³/mol. The quantitative estimate of drug-likeness (QED) is 0.199. The average Bonchev–Trinajstić information content (AvgIpc) is 2.70. The van der Waals surface area contributed by atoms with Gasteiger partial charge in [-0.3, -0.25) is 4.99 Å². The lowest BCUT2D eigenvalue weighted by molar-refractivity contribution is 0.172. The summed E-state index contributed by atoms with van der Waals surface area (Å²) in [5, 5.41) is 6.75. The number of guanidine groups is 1. The van der Waals surface area contributed by atoms with Crippen LogP contribution in [-0.2, 0) is 4.74 Å². The molecule has 0 aromatic heterocycles. The summed E-state index contributed by atoms with van der Waals surface area (Å²) in [6, 6.07) is 7.97. The molecule has 0 saturated carbocycles. The Bertz CT molecular complexity index is 586. The second-order valence-electron chi connectivity index (χ2n) is 7.60. The first-order valence-electron chi connectivity index (χ1n) is 10.6. The van der Waals surface area contributed by atoms with E-state index in [4.69, 9.17) is 9.47 Å². The van der Waals surface area contributed by atoms with Crippen molar-refractivity contribution in [3.8, 4) is 5.75 Å². The third kappa shape index (κ3) is 11.1. The maximum Gasteiger partial charge on any atom is 0.195 e. The second kappa shape index (κ2) is 15.7. The minimum Gasteiger partial charge on any atom is -0.493 e. The van der Waals surface area contributed by atoms with Crippen LogP contribution in [0.5, 0.6) is 5.75 Å². The van der Waals surface area contributed by atoms with Crippen LogP contribution in [0.1, 0.15) is 39.0 Å². The fourth-order valence-corrected chi connectivity index (χ4v) is 3.53. The van der Waals surface area contributed by atoms with Crippen LogP contribution in [0.25, 0.3) is 0 Å². The van der Waals surface area contributed by atoms with Gasteiger partial charge in [0, 0.05) is 52.0 Å². The summed E-state index contributed by atoms with van der Waals surface area (Å²) in [5.41, 5.74) is 0.972. The number of nitrogens with zero attached hydrogens (tertiary/aromatic N) is 2. The number of aliphatic imine (C=N–C) groups is 1. The van der Waals surface area contributed by atoms with Gasteiger partial charge in [-0.2, -0.15) is 0 Å². The molecule has 1 atom stereocenters. The molecule has 1 aromatic rings. The fraction of sp³-hybridized carbons (Fsp3) is 0.682. The standard InChI is InChI=1S/C22H38N4O2.HI/c1-19-9-7-14-26(18-19)13-5-4-12-24-22(23-2)25-20-10-6-11-21(17-20)28-16-8-15-27-3;/h6,10-11,17,19H,4-5,7-9,12-16,18H2,1-3H3,(H2,23,24,25);1H. The molecule has 0 bridgehead atoms. The van der Waals surface area contributed by atoms with Crippen LogP contribution >= 0.6 is 24.0 Å². The molecule has 29 heavy (non-hydrogen) atoms. The van der Waals surface area contributed by atoms with E-state index in [9.17, 15) is 0 Å². The fourth-order valence-electron chi connectivity index (χ4n) is 3.53. The Labute approximate surface area is 193 Å². The number of benzene rings is 1. The third-order valence-electron chi connectivity index (χ3n) is 5.02. The highest BCUT2D eigenvalue weighted by molar-refractivity contribution is 14.0. The van der Waals surface area contributed by atoms with Gasteiger partial charge in [0.05, 0.1) is 6.61 Å². The number of hydrogen-bond acceptors (Lipinski definition) is 4. The number of likely N-dealkylation sites (tertiary alicyclic amines) is 1. The van der Waals surface area contributed by atoms with Gasteiger partial charge in [-0.05, 0) is 56.8 Å². The van der Waals surface area contributed by atoms with Gasteiger partial charge in [0.25, 0.3) is 0 Å². The maximum absolute atomic E-state index is 5.76. The Kier molecular flexibility index (Phi) is 14.1. The number of ether oxygens (including phenoxy) is 2. The summed E-state index contributed by atoms with van der Waals surface area (Å²) in [6.07, 6.45) is 5.99. The van der Waals surface area contributed by atoms with Gasteiger partial charge >= 0.3 is 0 Å². The molecule has 0 amide bonds. The summed E-state index contributed by atoms with van der Waals surface area (Å²) in [7, 11) is 3.51. The van der Waals surface area contributed by atoms with Crippen molar-refractivity contribution in [2.24, 2.45) is 10.9 Å². The highest BCUT2D eigenvalue weighted by Crippen LogP contribution is 2.18. The summed E-state index contributed by atoms with van der Waals surface area (Å²) >= 11 is 0. The van der Waals surface area contributed by atoms with Crippen molar-refractivity contribution in [3.05, 3.63) is 24.3 Å². The van der Waals surface area contributed by atoms with E-state index in [2.05, 4.69) is 27.4 Å².